The van der Waals surface area contributed by atoms with E-state index in [-0.39, 0.29) is 0 Å². The Morgan fingerprint density at radius 1 is 1.38 bits per heavy atom. The first-order valence-electron chi connectivity index (χ1n) is 6.15. The monoisotopic (exact) mass is 220 g/mol. The molecule has 0 amide bonds. The number of hydrogen-bond acceptors (Lipinski definition) is 3. The Kier molecular flexibility index (Phi) is 2.48. The van der Waals surface area contributed by atoms with Gasteiger partial charge in [0.25, 0.3) is 0 Å². The number of nitrogens with one attached hydrogen (secondary N) is 1. The first-order chi connectivity index (χ1) is 7.72. The normalized spacial score (nSPS) is 29.9. The van der Waals surface area contributed by atoms with Crippen molar-refractivity contribution in [3.05, 3.63) is 17.5 Å². The molecule has 4 nitrogen and oxygen atoms in total. The van der Waals surface area contributed by atoms with Crippen molar-refractivity contribution in [3.63, 3.8) is 0 Å². The maximum absolute atomic E-state index is 4.40. The molecule has 2 unspecified atom stereocenters. The van der Waals surface area contributed by atoms with Crippen LogP contribution >= 0.6 is 0 Å². The lowest BCUT2D eigenvalue weighted by atomic mass is 10.0. The molecule has 0 aromatic carbocycles. The summed E-state index contributed by atoms with van der Waals surface area (Å²) < 4.78 is 2.02. The maximum atomic E-state index is 4.40. The molecule has 16 heavy (non-hydrogen) atoms. The Hall–Kier alpha value is -0.870. The van der Waals surface area contributed by atoms with Gasteiger partial charge in [0.15, 0.2) is 0 Å². The summed E-state index contributed by atoms with van der Waals surface area (Å²) in [6, 6.07) is 2.20. The summed E-state index contributed by atoms with van der Waals surface area (Å²) >= 11 is 0. The van der Waals surface area contributed by atoms with Crippen LogP contribution in [0.1, 0.15) is 11.4 Å². The molecule has 0 radical (unpaired) electrons. The second-order valence-corrected chi connectivity index (χ2v) is 5.27. The summed E-state index contributed by atoms with van der Waals surface area (Å²) in [5.41, 5.74) is 2.46. The van der Waals surface area contributed by atoms with Gasteiger partial charge in [-0.2, -0.15) is 5.10 Å². The van der Waals surface area contributed by atoms with E-state index in [1.165, 1.54) is 31.9 Å². The first-order valence-corrected chi connectivity index (χ1v) is 6.15. The molecule has 1 aromatic rings. The minimum Gasteiger partial charge on any atom is -0.316 e. The van der Waals surface area contributed by atoms with Gasteiger partial charge in [0.05, 0.1) is 11.4 Å². The van der Waals surface area contributed by atoms with Gasteiger partial charge in [-0.1, -0.05) is 0 Å². The van der Waals surface area contributed by atoms with Crippen molar-refractivity contribution in [2.24, 2.45) is 18.9 Å². The number of hydrogen-bond donors (Lipinski definition) is 1. The SMILES string of the molecule is Cc1cc(CN2CC3CNCC3C2)n(C)n1. The summed E-state index contributed by atoms with van der Waals surface area (Å²) in [6.45, 7) is 8.05. The standard InChI is InChI=1S/C12H20N4/c1-9-3-12(15(2)14-9)8-16-6-10-4-13-5-11(10)7-16/h3,10-11,13H,4-8H2,1-2H3. The molecule has 2 aliphatic rings. The molecule has 0 bridgehead atoms. The zero-order chi connectivity index (χ0) is 11.1. The first kappa shape index (κ1) is 10.3. The van der Waals surface area contributed by atoms with Gasteiger partial charge in [-0.15, -0.1) is 0 Å². The largest absolute Gasteiger partial charge is 0.316 e. The van der Waals surface area contributed by atoms with Gasteiger partial charge in [0.1, 0.15) is 0 Å². The molecule has 88 valence electrons. The van der Waals surface area contributed by atoms with Crippen LogP contribution in [0.25, 0.3) is 0 Å². The second kappa shape index (κ2) is 3.86. The van der Waals surface area contributed by atoms with Crippen molar-refractivity contribution in [1.82, 2.24) is 20.0 Å². The van der Waals surface area contributed by atoms with E-state index in [1.807, 2.05) is 11.7 Å². The average Bonchev–Trinajstić information content (AvgIpc) is 2.82. The zero-order valence-corrected chi connectivity index (χ0v) is 10.1. The zero-order valence-electron chi connectivity index (χ0n) is 10.1. The third kappa shape index (κ3) is 1.76. The number of fused-ring (bicyclic) bond motifs is 1. The molecule has 3 rings (SSSR count). The number of likely N-dealkylation sites (tertiary alicyclic amines) is 1. The Morgan fingerprint density at radius 3 is 2.62 bits per heavy atom. The van der Waals surface area contributed by atoms with Gasteiger partial charge in [0, 0.05) is 26.7 Å². The van der Waals surface area contributed by atoms with Crippen molar-refractivity contribution in [3.8, 4) is 0 Å². The van der Waals surface area contributed by atoms with Crippen LogP contribution in [-0.4, -0.2) is 40.9 Å². The van der Waals surface area contributed by atoms with Crippen molar-refractivity contribution in [2.75, 3.05) is 26.2 Å². The summed E-state index contributed by atoms with van der Waals surface area (Å²) in [5, 5.41) is 7.88. The number of rotatable bonds is 2. The molecule has 2 saturated heterocycles. The number of aryl methyl sites for hydroxylation is 2. The van der Waals surface area contributed by atoms with Crippen LogP contribution in [0.3, 0.4) is 0 Å². The Bertz CT molecular complexity index is 372. The molecular weight excluding hydrogens is 200 g/mol. The van der Waals surface area contributed by atoms with Gasteiger partial charge in [0.2, 0.25) is 0 Å². The molecule has 1 aromatic heterocycles. The number of aromatic nitrogens is 2. The smallest absolute Gasteiger partial charge is 0.0597 e. The van der Waals surface area contributed by atoms with Crippen LogP contribution in [0.2, 0.25) is 0 Å². The average molecular weight is 220 g/mol. The van der Waals surface area contributed by atoms with Crippen LogP contribution in [0.15, 0.2) is 6.07 Å². The van der Waals surface area contributed by atoms with E-state index in [1.54, 1.807) is 0 Å². The highest BCUT2D eigenvalue weighted by Crippen LogP contribution is 2.27. The highest BCUT2D eigenvalue weighted by atomic mass is 15.3. The fourth-order valence-electron chi connectivity index (χ4n) is 3.12. The van der Waals surface area contributed by atoms with E-state index in [0.29, 0.717) is 0 Å². The van der Waals surface area contributed by atoms with E-state index in [0.717, 1.165) is 24.1 Å². The molecule has 2 fully saturated rings. The lowest BCUT2D eigenvalue weighted by Gasteiger charge is -2.16. The van der Waals surface area contributed by atoms with E-state index >= 15 is 0 Å². The van der Waals surface area contributed by atoms with Crippen molar-refractivity contribution >= 4 is 0 Å². The summed E-state index contributed by atoms with van der Waals surface area (Å²) in [4.78, 5) is 2.58. The lowest BCUT2D eigenvalue weighted by molar-refractivity contribution is 0.297. The minimum atomic E-state index is 0.884. The van der Waals surface area contributed by atoms with Crippen LogP contribution in [-0.2, 0) is 13.6 Å². The molecule has 1 N–H and O–H groups in total. The quantitative estimate of drug-likeness (QED) is 0.782. The maximum Gasteiger partial charge on any atom is 0.0597 e. The predicted molar refractivity (Wildman–Crippen MR) is 63.1 cm³/mol. The molecule has 0 spiro atoms. The van der Waals surface area contributed by atoms with Crippen molar-refractivity contribution in [1.29, 1.82) is 0 Å². The predicted octanol–water partition coefficient (Wildman–Crippen LogP) is 0.380. The molecule has 0 aliphatic carbocycles. The van der Waals surface area contributed by atoms with Crippen LogP contribution in [0, 0.1) is 18.8 Å². The molecule has 4 heteroatoms. The van der Waals surface area contributed by atoms with E-state index in [4.69, 9.17) is 0 Å². The highest BCUT2D eigenvalue weighted by Gasteiger charge is 2.35. The highest BCUT2D eigenvalue weighted by molar-refractivity contribution is 5.09. The van der Waals surface area contributed by atoms with Gasteiger partial charge in [-0.3, -0.25) is 9.58 Å². The fourth-order valence-corrected chi connectivity index (χ4v) is 3.12. The van der Waals surface area contributed by atoms with Gasteiger partial charge >= 0.3 is 0 Å². The summed E-state index contributed by atoms with van der Waals surface area (Å²) in [6.07, 6.45) is 0. The van der Waals surface area contributed by atoms with E-state index in [2.05, 4.69) is 28.3 Å². The number of nitrogens with zero attached hydrogens (tertiary/aromatic N) is 3. The van der Waals surface area contributed by atoms with Crippen LogP contribution in [0.4, 0.5) is 0 Å². The third-order valence-electron chi connectivity index (χ3n) is 3.95. The molecule has 3 heterocycles. The van der Waals surface area contributed by atoms with Crippen LogP contribution < -0.4 is 5.32 Å². The molecule has 0 saturated carbocycles. The van der Waals surface area contributed by atoms with E-state index < -0.39 is 0 Å². The molecule has 2 atom stereocenters. The van der Waals surface area contributed by atoms with Crippen LogP contribution in [0.5, 0.6) is 0 Å². The van der Waals surface area contributed by atoms with Gasteiger partial charge < -0.3 is 5.32 Å². The third-order valence-corrected chi connectivity index (χ3v) is 3.95. The Morgan fingerprint density at radius 2 is 2.06 bits per heavy atom. The molecule has 2 aliphatic heterocycles. The second-order valence-electron chi connectivity index (χ2n) is 5.27. The Labute approximate surface area is 96.6 Å². The summed E-state index contributed by atoms with van der Waals surface area (Å²) in [5.74, 6) is 1.77. The van der Waals surface area contributed by atoms with Crippen molar-refractivity contribution < 1.29 is 0 Å². The Balaban J connectivity index is 1.66. The van der Waals surface area contributed by atoms with Crippen molar-refractivity contribution in [2.45, 2.75) is 13.5 Å². The minimum absolute atomic E-state index is 0.884. The fraction of sp³-hybridized carbons (Fsp3) is 0.750. The lowest BCUT2D eigenvalue weighted by Crippen LogP contribution is -2.26. The topological polar surface area (TPSA) is 33.1 Å². The molecular formula is C12H20N4. The van der Waals surface area contributed by atoms with Gasteiger partial charge in [-0.25, -0.2) is 0 Å². The van der Waals surface area contributed by atoms with Gasteiger partial charge in [-0.05, 0) is 37.9 Å². The summed E-state index contributed by atoms with van der Waals surface area (Å²) in [7, 11) is 2.04. The van der Waals surface area contributed by atoms with E-state index in [9.17, 15) is 0 Å².